The van der Waals surface area contributed by atoms with Crippen LogP contribution >= 0.6 is 11.6 Å². The summed E-state index contributed by atoms with van der Waals surface area (Å²) in [7, 11) is 0. The molecule has 2 aromatic rings. The van der Waals surface area contributed by atoms with Gasteiger partial charge in [0.05, 0.1) is 17.8 Å². The van der Waals surface area contributed by atoms with E-state index in [4.69, 9.17) is 11.6 Å². The second kappa shape index (κ2) is 8.96. The van der Waals surface area contributed by atoms with Gasteiger partial charge in [0.2, 0.25) is 5.91 Å². The van der Waals surface area contributed by atoms with Crippen LogP contribution in [0.5, 0.6) is 0 Å². The van der Waals surface area contributed by atoms with Gasteiger partial charge in [-0.2, -0.15) is 0 Å². The molecule has 0 radical (unpaired) electrons. The number of rotatable bonds is 6. The van der Waals surface area contributed by atoms with E-state index in [-0.39, 0.29) is 29.3 Å². The number of hydrogen-bond acceptors (Lipinski definition) is 3. The van der Waals surface area contributed by atoms with Crippen molar-refractivity contribution in [2.45, 2.75) is 6.92 Å². The molecule has 0 aliphatic heterocycles. The molecule has 0 spiro atoms. The fraction of sp³-hybridized carbons (Fsp3) is 0.167. The highest BCUT2D eigenvalue weighted by Crippen LogP contribution is 2.22. The van der Waals surface area contributed by atoms with E-state index in [0.717, 1.165) is 12.1 Å². The number of likely N-dealkylation sites (N-methyl/N-ethyl adjacent to an activating group) is 1. The summed E-state index contributed by atoms with van der Waals surface area (Å²) in [5.74, 6) is -1.85. The summed E-state index contributed by atoms with van der Waals surface area (Å²) in [5.41, 5.74) is 0.550. The molecule has 8 heteroatoms. The predicted octanol–water partition coefficient (Wildman–Crippen LogP) is 2.60. The molecule has 26 heavy (non-hydrogen) atoms. The maximum absolute atomic E-state index is 13.0. The Morgan fingerprint density at radius 3 is 2.35 bits per heavy atom. The lowest BCUT2D eigenvalue weighted by Gasteiger charge is -2.12. The Morgan fingerprint density at radius 2 is 1.69 bits per heavy atom. The molecular weight excluding hydrogens is 361 g/mol. The number of hydrogen-bond donors (Lipinski definition) is 3. The van der Waals surface area contributed by atoms with Gasteiger partial charge in [0, 0.05) is 17.1 Å². The van der Waals surface area contributed by atoms with Gasteiger partial charge in [-0.05, 0) is 49.4 Å². The number of benzene rings is 2. The van der Waals surface area contributed by atoms with Gasteiger partial charge in [-0.3, -0.25) is 14.4 Å². The summed E-state index contributed by atoms with van der Waals surface area (Å²) < 4.78 is 13.0. The van der Waals surface area contributed by atoms with Crippen LogP contribution < -0.4 is 16.0 Å². The molecule has 0 saturated heterocycles. The Bertz CT molecular complexity index is 825. The molecule has 2 aromatic carbocycles. The van der Waals surface area contributed by atoms with E-state index in [1.165, 1.54) is 30.3 Å². The molecular formula is C18H17ClFN3O3. The average Bonchev–Trinajstić information content (AvgIpc) is 2.60. The molecule has 0 unspecified atom stereocenters. The van der Waals surface area contributed by atoms with Crippen molar-refractivity contribution in [1.29, 1.82) is 0 Å². The van der Waals surface area contributed by atoms with Gasteiger partial charge in [0.15, 0.2) is 0 Å². The Kier molecular flexibility index (Phi) is 6.68. The Labute approximate surface area is 154 Å². The molecule has 0 fully saturated rings. The van der Waals surface area contributed by atoms with E-state index in [2.05, 4.69) is 16.0 Å². The lowest BCUT2D eigenvalue weighted by molar-refractivity contribution is -0.120. The minimum Gasteiger partial charge on any atom is -0.355 e. The largest absolute Gasteiger partial charge is 0.355 e. The van der Waals surface area contributed by atoms with E-state index >= 15 is 0 Å². The fourth-order valence-electron chi connectivity index (χ4n) is 2.13. The summed E-state index contributed by atoms with van der Waals surface area (Å²) in [5, 5.41) is 7.92. The monoisotopic (exact) mass is 377 g/mol. The molecule has 3 amide bonds. The molecule has 0 aliphatic carbocycles. The zero-order valence-corrected chi connectivity index (χ0v) is 14.7. The lowest BCUT2D eigenvalue weighted by atomic mass is 10.1. The maximum Gasteiger partial charge on any atom is 0.255 e. The van der Waals surface area contributed by atoms with E-state index in [1.54, 1.807) is 6.92 Å². The molecule has 2 rings (SSSR count). The van der Waals surface area contributed by atoms with E-state index < -0.39 is 17.6 Å². The molecule has 6 nitrogen and oxygen atoms in total. The molecule has 0 atom stereocenters. The average molecular weight is 378 g/mol. The lowest BCUT2D eigenvalue weighted by Crippen LogP contribution is -2.37. The first-order valence-electron chi connectivity index (χ1n) is 7.82. The highest BCUT2D eigenvalue weighted by molar-refractivity contribution is 6.31. The predicted molar refractivity (Wildman–Crippen MR) is 96.8 cm³/mol. The van der Waals surface area contributed by atoms with Crippen molar-refractivity contribution in [3.05, 3.63) is 64.4 Å². The van der Waals surface area contributed by atoms with Gasteiger partial charge in [0.1, 0.15) is 5.82 Å². The van der Waals surface area contributed by atoms with Crippen molar-refractivity contribution < 1.29 is 18.8 Å². The van der Waals surface area contributed by atoms with Gasteiger partial charge in [-0.25, -0.2) is 4.39 Å². The number of nitrogens with one attached hydrogen (secondary N) is 3. The van der Waals surface area contributed by atoms with Crippen molar-refractivity contribution in [2.75, 3.05) is 18.4 Å². The zero-order valence-electron chi connectivity index (χ0n) is 13.9. The van der Waals surface area contributed by atoms with Crippen LogP contribution in [0.3, 0.4) is 0 Å². The minimum atomic E-state index is -0.540. The topological polar surface area (TPSA) is 87.3 Å². The first-order valence-corrected chi connectivity index (χ1v) is 8.20. The molecule has 136 valence electrons. The van der Waals surface area contributed by atoms with Crippen LogP contribution in [0.25, 0.3) is 0 Å². The molecule has 0 heterocycles. The second-order valence-electron chi connectivity index (χ2n) is 5.29. The highest BCUT2D eigenvalue weighted by atomic mass is 35.5. The summed E-state index contributed by atoms with van der Waals surface area (Å²) in [6.45, 7) is 2.03. The zero-order chi connectivity index (χ0) is 19.1. The van der Waals surface area contributed by atoms with E-state index in [9.17, 15) is 18.8 Å². The maximum atomic E-state index is 13.0. The second-order valence-corrected chi connectivity index (χ2v) is 5.72. The van der Waals surface area contributed by atoms with Crippen LogP contribution in [-0.2, 0) is 4.79 Å². The van der Waals surface area contributed by atoms with Crippen LogP contribution in [0.4, 0.5) is 10.1 Å². The van der Waals surface area contributed by atoms with Gasteiger partial charge in [-0.15, -0.1) is 0 Å². The van der Waals surface area contributed by atoms with Gasteiger partial charge in [0.25, 0.3) is 11.8 Å². The van der Waals surface area contributed by atoms with Crippen molar-refractivity contribution in [3.63, 3.8) is 0 Å². The standard InChI is InChI=1S/C18H17ClFN3O3/c1-2-21-16(24)10-22-18(26)14-8-5-12(19)9-15(14)23-17(25)11-3-6-13(20)7-4-11/h3-9H,2,10H2,1H3,(H,21,24)(H,22,26)(H,23,25). The third kappa shape index (κ3) is 5.29. The molecule has 3 N–H and O–H groups in total. The van der Waals surface area contributed by atoms with Crippen LogP contribution in [0.15, 0.2) is 42.5 Å². The number of halogens is 2. The van der Waals surface area contributed by atoms with Crippen molar-refractivity contribution in [2.24, 2.45) is 0 Å². The number of carbonyl (C=O) groups is 3. The van der Waals surface area contributed by atoms with Crippen molar-refractivity contribution in [3.8, 4) is 0 Å². The highest BCUT2D eigenvalue weighted by Gasteiger charge is 2.16. The molecule has 0 bridgehead atoms. The van der Waals surface area contributed by atoms with Crippen LogP contribution in [0.2, 0.25) is 5.02 Å². The minimum absolute atomic E-state index is 0.147. The Morgan fingerprint density at radius 1 is 1.00 bits per heavy atom. The quantitative estimate of drug-likeness (QED) is 0.723. The Balaban J connectivity index is 2.16. The van der Waals surface area contributed by atoms with E-state index in [0.29, 0.717) is 11.6 Å². The van der Waals surface area contributed by atoms with Gasteiger partial charge in [-0.1, -0.05) is 11.6 Å². The number of carbonyl (C=O) groups excluding carboxylic acids is 3. The van der Waals surface area contributed by atoms with Crippen molar-refractivity contribution >= 4 is 35.0 Å². The van der Waals surface area contributed by atoms with Crippen LogP contribution in [-0.4, -0.2) is 30.8 Å². The smallest absolute Gasteiger partial charge is 0.255 e. The summed E-state index contributed by atoms with van der Waals surface area (Å²) in [6.07, 6.45) is 0. The van der Waals surface area contributed by atoms with Crippen LogP contribution in [0, 0.1) is 5.82 Å². The third-order valence-corrected chi connectivity index (χ3v) is 3.60. The summed E-state index contributed by atoms with van der Waals surface area (Å²) >= 11 is 5.94. The first-order chi connectivity index (χ1) is 12.4. The Hall–Kier alpha value is -2.93. The number of anilines is 1. The molecule has 0 aromatic heterocycles. The van der Waals surface area contributed by atoms with E-state index in [1.807, 2.05) is 0 Å². The van der Waals surface area contributed by atoms with Crippen molar-refractivity contribution in [1.82, 2.24) is 10.6 Å². The molecule has 0 aliphatic rings. The SMILES string of the molecule is CCNC(=O)CNC(=O)c1ccc(Cl)cc1NC(=O)c1ccc(F)cc1. The number of amides is 3. The normalized spacial score (nSPS) is 10.1. The summed E-state index contributed by atoms with van der Waals surface area (Å²) in [4.78, 5) is 36.1. The third-order valence-electron chi connectivity index (χ3n) is 3.36. The van der Waals surface area contributed by atoms with Gasteiger partial charge >= 0.3 is 0 Å². The first kappa shape index (κ1) is 19.4. The van der Waals surface area contributed by atoms with Crippen LogP contribution in [0.1, 0.15) is 27.6 Å². The fourth-order valence-corrected chi connectivity index (χ4v) is 2.30. The van der Waals surface area contributed by atoms with Gasteiger partial charge < -0.3 is 16.0 Å². The molecule has 0 saturated carbocycles. The summed E-state index contributed by atoms with van der Waals surface area (Å²) in [6, 6.07) is 9.32.